The normalized spacial score (nSPS) is 21.2. The predicted molar refractivity (Wildman–Crippen MR) is 83.9 cm³/mol. The summed E-state index contributed by atoms with van der Waals surface area (Å²) >= 11 is 0. The number of carbonyl (C=O) groups is 1. The fourth-order valence-corrected chi connectivity index (χ4v) is 2.91. The summed E-state index contributed by atoms with van der Waals surface area (Å²) in [7, 11) is 0. The molecule has 1 aliphatic heterocycles. The summed E-state index contributed by atoms with van der Waals surface area (Å²) in [6.45, 7) is 5.34. The van der Waals surface area contributed by atoms with Gasteiger partial charge in [0.05, 0.1) is 0 Å². The van der Waals surface area contributed by atoms with E-state index in [9.17, 15) is 4.79 Å². The Hall–Kier alpha value is -2.37. The minimum Gasteiger partial charge on any atom is -0.484 e. The van der Waals surface area contributed by atoms with Crippen LogP contribution in [0.15, 0.2) is 34.9 Å². The van der Waals surface area contributed by atoms with Gasteiger partial charge in [0.25, 0.3) is 5.89 Å². The van der Waals surface area contributed by atoms with Crippen molar-refractivity contribution in [2.75, 3.05) is 13.1 Å². The van der Waals surface area contributed by atoms with Crippen LogP contribution in [0.3, 0.4) is 0 Å². The second-order valence-corrected chi connectivity index (χ2v) is 6.22. The number of likely N-dealkylation sites (tertiary alicyclic amines) is 1. The maximum Gasteiger partial charge on any atom is 0.264 e. The third kappa shape index (κ3) is 3.52. The molecule has 1 saturated heterocycles. The zero-order chi connectivity index (χ0) is 16.3. The van der Waals surface area contributed by atoms with Gasteiger partial charge >= 0.3 is 0 Å². The smallest absolute Gasteiger partial charge is 0.264 e. The summed E-state index contributed by atoms with van der Waals surface area (Å²) in [5.74, 6) is 1.95. The molecule has 1 aromatic heterocycles. The van der Waals surface area contributed by atoms with Crippen LogP contribution in [0.25, 0.3) is 0 Å². The second kappa shape index (κ2) is 6.40. The topological polar surface area (TPSA) is 68.5 Å². The van der Waals surface area contributed by atoms with Gasteiger partial charge in [0.1, 0.15) is 5.75 Å². The zero-order valence-electron chi connectivity index (χ0n) is 13.5. The first-order valence-corrected chi connectivity index (χ1v) is 7.83. The Kier molecular flexibility index (Phi) is 4.32. The summed E-state index contributed by atoms with van der Waals surface area (Å²) in [6.07, 6.45) is 1.88. The number of benzene rings is 1. The van der Waals surface area contributed by atoms with Crippen molar-refractivity contribution in [1.29, 1.82) is 0 Å². The lowest BCUT2D eigenvalue weighted by Crippen LogP contribution is -2.46. The zero-order valence-corrected chi connectivity index (χ0v) is 13.5. The molecule has 122 valence electrons. The Balaban J connectivity index is 1.67. The molecule has 6 heteroatoms. The third-order valence-electron chi connectivity index (χ3n) is 4.26. The van der Waals surface area contributed by atoms with Crippen LogP contribution in [0.4, 0.5) is 0 Å². The van der Waals surface area contributed by atoms with Gasteiger partial charge in [-0.05, 0) is 25.0 Å². The Morgan fingerprint density at radius 2 is 2.17 bits per heavy atom. The van der Waals surface area contributed by atoms with E-state index in [0.29, 0.717) is 18.3 Å². The van der Waals surface area contributed by atoms with E-state index in [-0.39, 0.29) is 17.9 Å². The van der Waals surface area contributed by atoms with Gasteiger partial charge in [-0.1, -0.05) is 30.3 Å². The maximum absolute atomic E-state index is 11.6. The summed E-state index contributed by atoms with van der Waals surface area (Å²) < 4.78 is 10.9. The van der Waals surface area contributed by atoms with Gasteiger partial charge in [0.2, 0.25) is 5.91 Å². The van der Waals surface area contributed by atoms with Crippen LogP contribution in [0, 0.1) is 0 Å². The number of hydrogen-bond acceptors (Lipinski definition) is 5. The van der Waals surface area contributed by atoms with E-state index in [4.69, 9.17) is 9.26 Å². The molecule has 1 aliphatic rings. The molecule has 3 rings (SSSR count). The van der Waals surface area contributed by atoms with Crippen molar-refractivity contribution in [3.63, 3.8) is 0 Å². The van der Waals surface area contributed by atoms with Crippen LogP contribution < -0.4 is 4.74 Å². The van der Waals surface area contributed by atoms with E-state index in [1.807, 2.05) is 35.2 Å². The van der Waals surface area contributed by atoms with Gasteiger partial charge in [0.15, 0.2) is 12.4 Å². The van der Waals surface area contributed by atoms with Crippen molar-refractivity contribution < 1.29 is 14.1 Å². The Morgan fingerprint density at radius 1 is 1.39 bits per heavy atom. The summed E-state index contributed by atoms with van der Waals surface area (Å²) in [6, 6.07) is 9.51. The predicted octanol–water partition coefficient (Wildman–Crippen LogP) is 2.55. The molecule has 1 unspecified atom stereocenters. The molecule has 2 heterocycles. The van der Waals surface area contributed by atoms with Crippen molar-refractivity contribution in [1.82, 2.24) is 15.0 Å². The highest BCUT2D eigenvalue weighted by Gasteiger charge is 2.37. The van der Waals surface area contributed by atoms with Crippen LogP contribution in [-0.4, -0.2) is 34.0 Å². The Morgan fingerprint density at radius 3 is 2.91 bits per heavy atom. The molecule has 0 aliphatic carbocycles. The quantitative estimate of drug-likeness (QED) is 0.867. The first kappa shape index (κ1) is 15.5. The first-order valence-electron chi connectivity index (χ1n) is 7.83. The number of carbonyl (C=O) groups excluding carboxylic acids is 1. The van der Waals surface area contributed by atoms with Crippen molar-refractivity contribution in [3.8, 4) is 5.75 Å². The molecule has 1 atom stereocenters. The molecule has 0 radical (unpaired) electrons. The highest BCUT2D eigenvalue weighted by Crippen LogP contribution is 2.32. The van der Waals surface area contributed by atoms with Crippen molar-refractivity contribution >= 4 is 5.91 Å². The van der Waals surface area contributed by atoms with Gasteiger partial charge in [0, 0.05) is 25.4 Å². The average Bonchev–Trinajstić information content (AvgIpc) is 3.04. The molecular weight excluding hydrogens is 294 g/mol. The summed E-state index contributed by atoms with van der Waals surface area (Å²) in [4.78, 5) is 17.9. The van der Waals surface area contributed by atoms with Gasteiger partial charge in [-0.25, -0.2) is 0 Å². The highest BCUT2D eigenvalue weighted by atomic mass is 16.5. The number of hydrogen-bond donors (Lipinski definition) is 0. The lowest BCUT2D eigenvalue weighted by atomic mass is 9.81. The van der Waals surface area contributed by atoms with Gasteiger partial charge in [-0.2, -0.15) is 4.98 Å². The number of piperidine rings is 1. The molecule has 6 nitrogen and oxygen atoms in total. The number of rotatable bonds is 4. The van der Waals surface area contributed by atoms with E-state index in [1.54, 1.807) is 6.92 Å². The lowest BCUT2D eigenvalue weighted by Gasteiger charge is -2.37. The fourth-order valence-electron chi connectivity index (χ4n) is 2.91. The molecular formula is C17H21N3O3. The average molecular weight is 315 g/mol. The maximum atomic E-state index is 11.6. The standard InChI is InChI=1S/C17H21N3O3/c1-13(21)20-10-6-9-17(2,12-20)16-18-15(23-19-16)11-22-14-7-4-3-5-8-14/h3-5,7-8H,6,9-12H2,1-2H3. The van der Waals surface area contributed by atoms with Gasteiger partial charge in [-0.3, -0.25) is 4.79 Å². The molecule has 0 saturated carbocycles. The van der Waals surface area contributed by atoms with Crippen LogP contribution in [0.2, 0.25) is 0 Å². The van der Waals surface area contributed by atoms with E-state index in [2.05, 4.69) is 17.1 Å². The molecule has 2 aromatic rings. The number of nitrogens with zero attached hydrogens (tertiary/aromatic N) is 3. The first-order chi connectivity index (χ1) is 11.1. The molecule has 1 fully saturated rings. The van der Waals surface area contributed by atoms with Crippen LogP contribution in [0.1, 0.15) is 38.4 Å². The third-order valence-corrected chi connectivity index (χ3v) is 4.26. The van der Waals surface area contributed by atoms with Crippen molar-refractivity contribution in [2.45, 2.75) is 38.7 Å². The Bertz CT molecular complexity index is 671. The minimum absolute atomic E-state index is 0.0899. The summed E-state index contributed by atoms with van der Waals surface area (Å²) in [5, 5.41) is 4.11. The van der Waals surface area contributed by atoms with Crippen molar-refractivity contribution in [2.24, 2.45) is 0 Å². The van der Waals surface area contributed by atoms with E-state index in [1.165, 1.54) is 0 Å². The monoisotopic (exact) mass is 315 g/mol. The van der Waals surface area contributed by atoms with Crippen LogP contribution in [-0.2, 0) is 16.8 Å². The number of ether oxygens (including phenoxy) is 1. The van der Waals surface area contributed by atoms with Gasteiger partial charge < -0.3 is 14.2 Å². The van der Waals surface area contributed by atoms with E-state index in [0.717, 1.165) is 25.1 Å². The van der Waals surface area contributed by atoms with Crippen LogP contribution in [0.5, 0.6) is 5.75 Å². The Labute approximate surface area is 135 Å². The fraction of sp³-hybridized carbons (Fsp3) is 0.471. The van der Waals surface area contributed by atoms with E-state index < -0.39 is 0 Å². The summed E-state index contributed by atoms with van der Waals surface area (Å²) in [5.41, 5.74) is -0.265. The highest BCUT2D eigenvalue weighted by molar-refractivity contribution is 5.73. The molecule has 1 amide bonds. The minimum atomic E-state index is -0.265. The molecule has 23 heavy (non-hydrogen) atoms. The van der Waals surface area contributed by atoms with E-state index >= 15 is 0 Å². The molecule has 0 spiro atoms. The molecule has 0 N–H and O–H groups in total. The number of para-hydroxylation sites is 1. The lowest BCUT2D eigenvalue weighted by molar-refractivity contribution is -0.131. The van der Waals surface area contributed by atoms with Crippen molar-refractivity contribution in [3.05, 3.63) is 42.0 Å². The number of aromatic nitrogens is 2. The van der Waals surface area contributed by atoms with Crippen LogP contribution >= 0.6 is 0 Å². The molecule has 1 aromatic carbocycles. The molecule has 0 bridgehead atoms. The SMILES string of the molecule is CC(=O)N1CCCC(C)(c2noc(COc3ccccc3)n2)C1. The number of amides is 1. The van der Waals surface area contributed by atoms with Gasteiger partial charge in [-0.15, -0.1) is 0 Å². The second-order valence-electron chi connectivity index (χ2n) is 6.22. The largest absolute Gasteiger partial charge is 0.484 e.